The summed E-state index contributed by atoms with van der Waals surface area (Å²) in [5.74, 6) is 1.44. The van der Waals surface area contributed by atoms with Crippen molar-refractivity contribution in [2.45, 2.75) is 37.9 Å². The van der Waals surface area contributed by atoms with Gasteiger partial charge in [-0.3, -0.25) is 0 Å². The van der Waals surface area contributed by atoms with Crippen molar-refractivity contribution in [3.8, 4) is 11.5 Å². The Morgan fingerprint density at radius 1 is 1.21 bits per heavy atom. The van der Waals surface area contributed by atoms with Crippen LogP contribution in [0.15, 0.2) is 18.2 Å². The van der Waals surface area contributed by atoms with Crippen LogP contribution in [0.1, 0.15) is 37.4 Å². The van der Waals surface area contributed by atoms with Crippen molar-refractivity contribution in [3.63, 3.8) is 0 Å². The molecule has 1 saturated heterocycles. The Hall–Kier alpha value is -1.26. The van der Waals surface area contributed by atoms with Crippen molar-refractivity contribution in [2.75, 3.05) is 19.8 Å². The summed E-state index contributed by atoms with van der Waals surface area (Å²) in [6, 6.07) is 5.69. The van der Waals surface area contributed by atoms with Gasteiger partial charge in [-0.1, -0.05) is 12.1 Å². The maximum absolute atomic E-state index is 10.3. The first-order valence-electron chi connectivity index (χ1n) is 7.03. The summed E-state index contributed by atoms with van der Waals surface area (Å²) >= 11 is 0. The SMILES string of the molecule is OC(CCC1CCCO1)c1cccc2c1OCCO2. The zero-order valence-electron chi connectivity index (χ0n) is 11.0. The van der Waals surface area contributed by atoms with Gasteiger partial charge in [0.1, 0.15) is 13.2 Å². The van der Waals surface area contributed by atoms with Gasteiger partial charge in [0.2, 0.25) is 0 Å². The normalized spacial score (nSPS) is 23.3. The Morgan fingerprint density at radius 3 is 2.95 bits per heavy atom. The van der Waals surface area contributed by atoms with E-state index in [9.17, 15) is 5.11 Å². The number of aliphatic hydroxyl groups is 1. The molecule has 4 nitrogen and oxygen atoms in total. The maximum atomic E-state index is 10.3. The van der Waals surface area contributed by atoms with E-state index in [-0.39, 0.29) is 0 Å². The Morgan fingerprint density at radius 2 is 2.11 bits per heavy atom. The summed E-state index contributed by atoms with van der Waals surface area (Å²) in [4.78, 5) is 0. The zero-order valence-corrected chi connectivity index (χ0v) is 11.0. The monoisotopic (exact) mass is 264 g/mol. The highest BCUT2D eigenvalue weighted by Crippen LogP contribution is 2.38. The van der Waals surface area contributed by atoms with E-state index in [0.29, 0.717) is 31.5 Å². The van der Waals surface area contributed by atoms with Crippen LogP contribution >= 0.6 is 0 Å². The molecule has 19 heavy (non-hydrogen) atoms. The summed E-state index contributed by atoms with van der Waals surface area (Å²) in [6.07, 6.45) is 3.64. The molecule has 0 saturated carbocycles. The molecule has 0 amide bonds. The Bertz CT molecular complexity index is 426. The number of hydrogen-bond donors (Lipinski definition) is 1. The standard InChI is InChI=1S/C15H20O4/c16-13(7-6-11-3-2-8-17-11)12-4-1-5-14-15(12)19-10-9-18-14/h1,4-5,11,13,16H,2-3,6-10H2. The van der Waals surface area contributed by atoms with Crippen LogP contribution in [0, 0.1) is 0 Å². The van der Waals surface area contributed by atoms with E-state index < -0.39 is 6.10 Å². The van der Waals surface area contributed by atoms with Crippen molar-refractivity contribution < 1.29 is 19.3 Å². The van der Waals surface area contributed by atoms with E-state index in [4.69, 9.17) is 14.2 Å². The van der Waals surface area contributed by atoms with Gasteiger partial charge in [-0.05, 0) is 31.7 Å². The predicted octanol–water partition coefficient (Wildman–Crippen LogP) is 2.45. The topological polar surface area (TPSA) is 47.9 Å². The van der Waals surface area contributed by atoms with Gasteiger partial charge in [0.05, 0.1) is 12.2 Å². The second-order valence-corrected chi connectivity index (χ2v) is 5.10. The van der Waals surface area contributed by atoms with E-state index in [1.165, 1.54) is 0 Å². The van der Waals surface area contributed by atoms with E-state index in [1.807, 2.05) is 18.2 Å². The maximum Gasteiger partial charge on any atom is 0.167 e. The average Bonchev–Trinajstić information content (AvgIpc) is 2.97. The van der Waals surface area contributed by atoms with E-state index >= 15 is 0 Å². The number of hydrogen-bond acceptors (Lipinski definition) is 4. The van der Waals surface area contributed by atoms with Crippen molar-refractivity contribution in [3.05, 3.63) is 23.8 Å². The molecule has 104 valence electrons. The fraction of sp³-hybridized carbons (Fsp3) is 0.600. The van der Waals surface area contributed by atoms with Crippen LogP contribution in [0.3, 0.4) is 0 Å². The molecular weight excluding hydrogens is 244 g/mol. The molecule has 3 rings (SSSR count). The highest BCUT2D eigenvalue weighted by molar-refractivity contribution is 5.48. The minimum atomic E-state index is -0.513. The Kier molecular flexibility index (Phi) is 3.89. The van der Waals surface area contributed by atoms with E-state index in [0.717, 1.165) is 37.2 Å². The lowest BCUT2D eigenvalue weighted by Gasteiger charge is -2.23. The second kappa shape index (κ2) is 5.80. The minimum absolute atomic E-state index is 0.311. The van der Waals surface area contributed by atoms with Gasteiger partial charge in [0, 0.05) is 12.2 Å². The van der Waals surface area contributed by atoms with E-state index in [1.54, 1.807) is 0 Å². The van der Waals surface area contributed by atoms with Crippen LogP contribution in [0.4, 0.5) is 0 Å². The number of rotatable bonds is 4. The fourth-order valence-electron chi connectivity index (χ4n) is 2.73. The average molecular weight is 264 g/mol. The molecule has 2 atom stereocenters. The molecule has 4 heteroatoms. The van der Waals surface area contributed by atoms with Crippen LogP contribution in [0.2, 0.25) is 0 Å². The second-order valence-electron chi connectivity index (χ2n) is 5.10. The lowest BCUT2D eigenvalue weighted by Crippen LogP contribution is -2.17. The zero-order chi connectivity index (χ0) is 13.1. The molecule has 0 radical (unpaired) electrons. The molecule has 0 aromatic heterocycles. The van der Waals surface area contributed by atoms with Gasteiger partial charge in [-0.15, -0.1) is 0 Å². The van der Waals surface area contributed by atoms with Gasteiger partial charge >= 0.3 is 0 Å². The molecule has 1 aromatic carbocycles. The predicted molar refractivity (Wildman–Crippen MR) is 70.6 cm³/mol. The molecule has 0 aliphatic carbocycles. The quantitative estimate of drug-likeness (QED) is 0.907. The fourth-order valence-corrected chi connectivity index (χ4v) is 2.73. The number of benzene rings is 1. The van der Waals surface area contributed by atoms with Crippen molar-refractivity contribution >= 4 is 0 Å². The Labute approximate surface area is 113 Å². The van der Waals surface area contributed by atoms with Crippen LogP contribution in [-0.2, 0) is 4.74 Å². The largest absolute Gasteiger partial charge is 0.486 e. The third-order valence-corrected chi connectivity index (χ3v) is 3.74. The van der Waals surface area contributed by atoms with E-state index in [2.05, 4.69) is 0 Å². The van der Waals surface area contributed by atoms with Crippen molar-refractivity contribution in [1.82, 2.24) is 0 Å². The molecular formula is C15H20O4. The number of para-hydroxylation sites is 1. The molecule has 1 N–H and O–H groups in total. The molecule has 2 aliphatic rings. The molecule has 1 fully saturated rings. The van der Waals surface area contributed by atoms with Crippen LogP contribution in [-0.4, -0.2) is 31.0 Å². The number of fused-ring (bicyclic) bond motifs is 1. The highest BCUT2D eigenvalue weighted by atomic mass is 16.6. The summed E-state index contributed by atoms with van der Waals surface area (Å²) in [5.41, 5.74) is 0.829. The van der Waals surface area contributed by atoms with Gasteiger partial charge in [-0.2, -0.15) is 0 Å². The summed E-state index contributed by atoms with van der Waals surface area (Å²) < 4.78 is 16.7. The van der Waals surface area contributed by atoms with Gasteiger partial charge in [0.15, 0.2) is 11.5 Å². The van der Waals surface area contributed by atoms with Gasteiger partial charge in [-0.25, -0.2) is 0 Å². The molecule has 2 unspecified atom stereocenters. The molecule has 0 bridgehead atoms. The molecule has 2 aliphatic heterocycles. The third kappa shape index (κ3) is 2.85. The van der Waals surface area contributed by atoms with Crippen molar-refractivity contribution in [1.29, 1.82) is 0 Å². The van der Waals surface area contributed by atoms with Gasteiger partial charge in [0.25, 0.3) is 0 Å². The van der Waals surface area contributed by atoms with Gasteiger partial charge < -0.3 is 19.3 Å². The molecule has 1 aromatic rings. The first kappa shape index (κ1) is 12.8. The first-order chi connectivity index (χ1) is 9.34. The summed E-state index contributed by atoms with van der Waals surface area (Å²) in [7, 11) is 0. The summed E-state index contributed by atoms with van der Waals surface area (Å²) in [6.45, 7) is 1.98. The van der Waals surface area contributed by atoms with Crippen LogP contribution in [0.5, 0.6) is 11.5 Å². The smallest absolute Gasteiger partial charge is 0.167 e. The number of ether oxygens (including phenoxy) is 3. The third-order valence-electron chi connectivity index (χ3n) is 3.74. The summed E-state index contributed by atoms with van der Waals surface area (Å²) in [5, 5.41) is 10.3. The molecule has 2 heterocycles. The highest BCUT2D eigenvalue weighted by Gasteiger charge is 2.22. The van der Waals surface area contributed by atoms with Crippen LogP contribution in [0.25, 0.3) is 0 Å². The number of aliphatic hydroxyl groups excluding tert-OH is 1. The van der Waals surface area contributed by atoms with Crippen LogP contribution < -0.4 is 9.47 Å². The lowest BCUT2D eigenvalue weighted by atomic mass is 10.0. The minimum Gasteiger partial charge on any atom is -0.486 e. The first-order valence-corrected chi connectivity index (χ1v) is 7.03. The van der Waals surface area contributed by atoms with Crippen molar-refractivity contribution in [2.24, 2.45) is 0 Å². The molecule has 0 spiro atoms. The Balaban J connectivity index is 1.67. The lowest BCUT2D eigenvalue weighted by molar-refractivity contribution is 0.0791.